The molecule has 0 bridgehead atoms. The van der Waals surface area contributed by atoms with Gasteiger partial charge in [-0.05, 0) is 18.6 Å². The van der Waals surface area contributed by atoms with Crippen LogP contribution in [-0.4, -0.2) is 23.9 Å². The van der Waals surface area contributed by atoms with Gasteiger partial charge in [-0.25, -0.2) is 8.78 Å². The summed E-state index contributed by atoms with van der Waals surface area (Å²) in [6, 6.07) is 2.19. The van der Waals surface area contributed by atoms with Gasteiger partial charge < -0.3 is 4.90 Å². The third kappa shape index (κ3) is 1.88. The second-order valence-electron chi connectivity index (χ2n) is 3.39. The predicted octanol–water partition coefficient (Wildman–Crippen LogP) is 2.57. The zero-order valence-electron chi connectivity index (χ0n) is 7.77. The molecule has 80 valence electrons. The fourth-order valence-corrected chi connectivity index (χ4v) is 1.83. The SMILES string of the molecule is O=C(c1c(F)cc(Br)cc1F)N1CCC1. The van der Waals surface area contributed by atoms with E-state index < -0.39 is 23.1 Å². The van der Waals surface area contributed by atoms with E-state index in [4.69, 9.17) is 0 Å². The van der Waals surface area contributed by atoms with Gasteiger partial charge in [0.2, 0.25) is 0 Å². The summed E-state index contributed by atoms with van der Waals surface area (Å²) in [6.45, 7) is 1.15. The largest absolute Gasteiger partial charge is 0.338 e. The lowest BCUT2D eigenvalue weighted by Crippen LogP contribution is -2.42. The Morgan fingerprint density at radius 3 is 2.20 bits per heavy atom. The molecule has 1 heterocycles. The maximum Gasteiger partial charge on any atom is 0.259 e. The maximum absolute atomic E-state index is 13.4. The number of carbonyl (C=O) groups excluding carboxylic acids is 1. The first kappa shape index (κ1) is 10.5. The summed E-state index contributed by atoms with van der Waals surface area (Å²) in [7, 11) is 0. The first-order chi connectivity index (χ1) is 7.09. The molecule has 2 rings (SSSR count). The molecule has 15 heavy (non-hydrogen) atoms. The lowest BCUT2D eigenvalue weighted by Gasteiger charge is -2.31. The second kappa shape index (κ2) is 3.89. The average molecular weight is 276 g/mol. The minimum absolute atomic E-state index is 0.289. The summed E-state index contributed by atoms with van der Waals surface area (Å²) >= 11 is 2.96. The molecule has 0 radical (unpaired) electrons. The Kier molecular flexibility index (Phi) is 2.73. The minimum Gasteiger partial charge on any atom is -0.338 e. The van der Waals surface area contributed by atoms with Gasteiger partial charge in [0, 0.05) is 17.6 Å². The van der Waals surface area contributed by atoms with Crippen molar-refractivity contribution in [2.75, 3.05) is 13.1 Å². The molecule has 0 aromatic heterocycles. The van der Waals surface area contributed by atoms with Crippen molar-refractivity contribution in [3.63, 3.8) is 0 Å². The average Bonchev–Trinajstić information content (AvgIpc) is 1.97. The van der Waals surface area contributed by atoms with Gasteiger partial charge >= 0.3 is 0 Å². The number of halogens is 3. The highest BCUT2D eigenvalue weighted by molar-refractivity contribution is 9.10. The number of amides is 1. The number of hydrogen-bond donors (Lipinski definition) is 0. The van der Waals surface area contributed by atoms with Crippen LogP contribution in [0.15, 0.2) is 16.6 Å². The molecule has 1 aliphatic rings. The Balaban J connectivity index is 2.38. The Morgan fingerprint density at radius 2 is 1.80 bits per heavy atom. The Bertz CT molecular complexity index is 395. The number of rotatable bonds is 1. The van der Waals surface area contributed by atoms with Crippen molar-refractivity contribution >= 4 is 21.8 Å². The van der Waals surface area contributed by atoms with Crippen molar-refractivity contribution < 1.29 is 13.6 Å². The van der Waals surface area contributed by atoms with E-state index in [0.29, 0.717) is 13.1 Å². The third-order valence-electron chi connectivity index (χ3n) is 2.36. The summed E-state index contributed by atoms with van der Waals surface area (Å²) in [5, 5.41) is 0. The van der Waals surface area contributed by atoms with Crippen molar-refractivity contribution in [1.29, 1.82) is 0 Å². The van der Waals surface area contributed by atoms with E-state index in [0.717, 1.165) is 18.6 Å². The quantitative estimate of drug-likeness (QED) is 0.772. The van der Waals surface area contributed by atoms with Crippen LogP contribution in [0.4, 0.5) is 8.78 Å². The zero-order valence-corrected chi connectivity index (χ0v) is 9.35. The van der Waals surface area contributed by atoms with Crippen molar-refractivity contribution in [1.82, 2.24) is 4.90 Å². The molecule has 0 N–H and O–H groups in total. The highest BCUT2D eigenvalue weighted by Gasteiger charge is 2.27. The van der Waals surface area contributed by atoms with Crippen LogP contribution in [0.2, 0.25) is 0 Å². The molecule has 1 saturated heterocycles. The smallest absolute Gasteiger partial charge is 0.259 e. The monoisotopic (exact) mass is 275 g/mol. The Labute approximate surface area is 94.0 Å². The minimum atomic E-state index is -0.821. The van der Waals surface area contributed by atoms with E-state index in [-0.39, 0.29) is 4.47 Å². The summed E-state index contributed by atoms with van der Waals surface area (Å²) in [6.07, 6.45) is 0.894. The molecule has 0 spiro atoms. The van der Waals surface area contributed by atoms with Gasteiger partial charge in [-0.15, -0.1) is 0 Å². The van der Waals surface area contributed by atoms with E-state index in [9.17, 15) is 13.6 Å². The number of nitrogens with zero attached hydrogens (tertiary/aromatic N) is 1. The van der Waals surface area contributed by atoms with Crippen LogP contribution in [0.1, 0.15) is 16.8 Å². The number of benzene rings is 1. The van der Waals surface area contributed by atoms with Crippen LogP contribution in [-0.2, 0) is 0 Å². The molecule has 1 aromatic carbocycles. The molecule has 0 unspecified atom stereocenters. The Morgan fingerprint density at radius 1 is 1.27 bits per heavy atom. The topological polar surface area (TPSA) is 20.3 Å². The van der Waals surface area contributed by atoms with Crippen molar-refractivity contribution in [3.8, 4) is 0 Å². The summed E-state index contributed by atoms with van der Waals surface area (Å²) in [5.74, 6) is -2.21. The number of likely N-dealkylation sites (tertiary alicyclic amines) is 1. The number of carbonyl (C=O) groups is 1. The highest BCUT2D eigenvalue weighted by atomic mass is 79.9. The molecule has 5 heteroatoms. The van der Waals surface area contributed by atoms with Crippen molar-refractivity contribution in [3.05, 3.63) is 33.8 Å². The molecule has 0 saturated carbocycles. The first-order valence-corrected chi connectivity index (χ1v) is 5.32. The fraction of sp³-hybridized carbons (Fsp3) is 0.300. The molecule has 0 aliphatic carbocycles. The van der Waals surface area contributed by atoms with Crippen LogP contribution in [0.5, 0.6) is 0 Å². The van der Waals surface area contributed by atoms with Gasteiger partial charge in [0.05, 0.1) is 0 Å². The fourth-order valence-electron chi connectivity index (χ4n) is 1.42. The molecule has 1 aromatic rings. The molecule has 1 aliphatic heterocycles. The molecule has 2 nitrogen and oxygen atoms in total. The molecule has 1 fully saturated rings. The summed E-state index contributed by atoms with van der Waals surface area (Å²) < 4.78 is 27.0. The van der Waals surface area contributed by atoms with Crippen LogP contribution >= 0.6 is 15.9 Å². The van der Waals surface area contributed by atoms with E-state index in [1.165, 1.54) is 4.90 Å². The van der Waals surface area contributed by atoms with Crippen LogP contribution < -0.4 is 0 Å². The van der Waals surface area contributed by atoms with E-state index in [2.05, 4.69) is 15.9 Å². The van der Waals surface area contributed by atoms with Gasteiger partial charge in [-0.1, -0.05) is 15.9 Å². The van der Waals surface area contributed by atoms with Gasteiger partial charge in [0.1, 0.15) is 17.2 Å². The molecular weight excluding hydrogens is 268 g/mol. The Hall–Kier alpha value is -0.970. The van der Waals surface area contributed by atoms with Crippen LogP contribution in [0.25, 0.3) is 0 Å². The zero-order chi connectivity index (χ0) is 11.0. The van der Waals surface area contributed by atoms with Crippen molar-refractivity contribution in [2.45, 2.75) is 6.42 Å². The summed E-state index contributed by atoms with van der Waals surface area (Å²) in [5.41, 5.74) is -0.460. The van der Waals surface area contributed by atoms with Crippen molar-refractivity contribution in [2.24, 2.45) is 0 Å². The maximum atomic E-state index is 13.4. The van der Waals surface area contributed by atoms with Crippen LogP contribution in [0.3, 0.4) is 0 Å². The first-order valence-electron chi connectivity index (χ1n) is 4.53. The van der Waals surface area contributed by atoms with E-state index in [1.54, 1.807) is 0 Å². The molecule has 1 amide bonds. The lowest BCUT2D eigenvalue weighted by atomic mass is 10.1. The van der Waals surface area contributed by atoms with E-state index in [1.807, 2.05) is 0 Å². The van der Waals surface area contributed by atoms with Gasteiger partial charge in [0.25, 0.3) is 5.91 Å². The highest BCUT2D eigenvalue weighted by Crippen LogP contribution is 2.22. The van der Waals surface area contributed by atoms with Crippen LogP contribution in [0, 0.1) is 11.6 Å². The van der Waals surface area contributed by atoms with Gasteiger partial charge in [-0.2, -0.15) is 0 Å². The predicted molar refractivity (Wildman–Crippen MR) is 54.6 cm³/mol. The lowest BCUT2D eigenvalue weighted by molar-refractivity contribution is 0.0641. The summed E-state index contributed by atoms with van der Waals surface area (Å²) in [4.78, 5) is 13.0. The molecular formula is C10H8BrF2NO. The molecule has 0 atom stereocenters. The second-order valence-corrected chi connectivity index (χ2v) is 4.31. The third-order valence-corrected chi connectivity index (χ3v) is 2.82. The van der Waals surface area contributed by atoms with Gasteiger partial charge in [0.15, 0.2) is 0 Å². The van der Waals surface area contributed by atoms with Gasteiger partial charge in [-0.3, -0.25) is 4.79 Å². The number of hydrogen-bond acceptors (Lipinski definition) is 1. The standard InChI is InChI=1S/C10H8BrF2NO/c11-6-4-7(12)9(8(13)5-6)10(15)14-2-1-3-14/h4-5H,1-3H2. The normalized spacial score (nSPS) is 15.0. The van der Waals surface area contributed by atoms with E-state index >= 15 is 0 Å².